The normalized spacial score (nSPS) is 19.5. The van der Waals surface area contributed by atoms with Crippen LogP contribution in [0.3, 0.4) is 0 Å². The summed E-state index contributed by atoms with van der Waals surface area (Å²) < 4.78 is 0. The van der Waals surface area contributed by atoms with Gasteiger partial charge in [0.2, 0.25) is 0 Å². The number of benzene rings is 1. The van der Waals surface area contributed by atoms with Crippen molar-refractivity contribution in [2.45, 2.75) is 25.8 Å². The smallest absolute Gasteiger partial charge is 0.0345 e. The van der Waals surface area contributed by atoms with E-state index in [0.717, 1.165) is 0 Å². The first-order valence-corrected chi connectivity index (χ1v) is 5.21. The number of likely N-dealkylation sites (tertiary alicyclic amines) is 1. The minimum Gasteiger partial charge on any atom is -0.296 e. The lowest BCUT2D eigenvalue weighted by Crippen LogP contribution is -2.39. The molecule has 1 aliphatic heterocycles. The van der Waals surface area contributed by atoms with Crippen molar-refractivity contribution in [1.82, 2.24) is 4.90 Å². The number of hydrogen-bond acceptors (Lipinski definition) is 1. The highest BCUT2D eigenvalue weighted by molar-refractivity contribution is 5.19. The molecular weight excluding hydrogens is 158 g/mol. The van der Waals surface area contributed by atoms with Crippen LogP contribution >= 0.6 is 0 Å². The lowest BCUT2D eigenvalue weighted by molar-refractivity contribution is 0.115. The molecule has 13 heavy (non-hydrogen) atoms. The molecule has 70 valence electrons. The van der Waals surface area contributed by atoms with E-state index < -0.39 is 0 Å². The molecule has 0 saturated carbocycles. The Labute approximate surface area is 80.4 Å². The highest BCUT2D eigenvalue weighted by Gasteiger charge is 2.23. The van der Waals surface area contributed by atoms with Crippen LogP contribution in [0.4, 0.5) is 0 Å². The van der Waals surface area contributed by atoms with Crippen LogP contribution in [0.2, 0.25) is 0 Å². The van der Waals surface area contributed by atoms with Crippen LogP contribution in [-0.4, -0.2) is 18.0 Å². The Balaban J connectivity index is 2.12. The molecule has 0 aliphatic carbocycles. The lowest BCUT2D eigenvalue weighted by atomic mass is 10.00. The second-order valence-corrected chi connectivity index (χ2v) is 3.72. The average Bonchev–Trinajstić information content (AvgIpc) is 2.12. The zero-order valence-corrected chi connectivity index (χ0v) is 8.24. The van der Waals surface area contributed by atoms with Gasteiger partial charge >= 0.3 is 0 Å². The molecule has 1 heteroatoms. The Hall–Kier alpha value is -0.820. The van der Waals surface area contributed by atoms with Crippen molar-refractivity contribution in [2.75, 3.05) is 13.1 Å². The molecule has 0 amide bonds. The van der Waals surface area contributed by atoms with Gasteiger partial charge in [-0.3, -0.25) is 4.90 Å². The molecule has 0 N–H and O–H groups in total. The van der Waals surface area contributed by atoms with Crippen LogP contribution in [0.5, 0.6) is 0 Å². The maximum Gasteiger partial charge on any atom is 0.0345 e. The van der Waals surface area contributed by atoms with Gasteiger partial charge in [-0.05, 0) is 31.5 Å². The Bertz CT molecular complexity index is 251. The molecule has 0 spiro atoms. The van der Waals surface area contributed by atoms with Gasteiger partial charge in [0.25, 0.3) is 0 Å². The third-order valence-electron chi connectivity index (χ3n) is 2.90. The van der Waals surface area contributed by atoms with Crippen molar-refractivity contribution in [3.63, 3.8) is 0 Å². The zero-order valence-electron chi connectivity index (χ0n) is 8.24. The van der Waals surface area contributed by atoms with Crippen molar-refractivity contribution >= 4 is 0 Å². The first-order valence-electron chi connectivity index (χ1n) is 5.21. The van der Waals surface area contributed by atoms with E-state index in [9.17, 15) is 0 Å². The SMILES string of the molecule is CC[C@H](c1ccccc1)N1CCC1. The van der Waals surface area contributed by atoms with Crippen molar-refractivity contribution in [3.8, 4) is 0 Å². The van der Waals surface area contributed by atoms with Crippen LogP contribution in [0.25, 0.3) is 0 Å². The highest BCUT2D eigenvalue weighted by atomic mass is 15.2. The van der Waals surface area contributed by atoms with E-state index in [4.69, 9.17) is 0 Å². The molecule has 2 rings (SSSR count). The number of hydrogen-bond donors (Lipinski definition) is 0. The standard InChI is InChI=1S/C12H17N/c1-2-12(13-9-6-10-13)11-7-4-3-5-8-11/h3-5,7-8,12H,2,6,9-10H2,1H3/t12-/m1/s1. The maximum absolute atomic E-state index is 2.56. The molecule has 1 nitrogen and oxygen atoms in total. The molecular formula is C12H17N. The van der Waals surface area contributed by atoms with Gasteiger partial charge in [-0.25, -0.2) is 0 Å². The summed E-state index contributed by atoms with van der Waals surface area (Å²) in [5.41, 5.74) is 1.48. The molecule has 0 radical (unpaired) electrons. The molecule has 1 aliphatic rings. The molecule has 0 aromatic heterocycles. The topological polar surface area (TPSA) is 3.24 Å². The van der Waals surface area contributed by atoms with E-state index in [1.807, 2.05) is 0 Å². The van der Waals surface area contributed by atoms with Gasteiger partial charge in [0.15, 0.2) is 0 Å². The van der Waals surface area contributed by atoms with E-state index in [-0.39, 0.29) is 0 Å². The summed E-state index contributed by atoms with van der Waals surface area (Å²) in [7, 11) is 0. The summed E-state index contributed by atoms with van der Waals surface area (Å²) in [5.74, 6) is 0. The Morgan fingerprint density at radius 1 is 1.23 bits per heavy atom. The summed E-state index contributed by atoms with van der Waals surface area (Å²) in [6.45, 7) is 4.84. The van der Waals surface area contributed by atoms with Gasteiger partial charge in [0.1, 0.15) is 0 Å². The van der Waals surface area contributed by atoms with Crippen molar-refractivity contribution in [2.24, 2.45) is 0 Å². The van der Waals surface area contributed by atoms with Crippen LogP contribution in [-0.2, 0) is 0 Å². The molecule has 1 saturated heterocycles. The lowest BCUT2D eigenvalue weighted by Gasteiger charge is -2.38. The van der Waals surface area contributed by atoms with E-state index in [1.165, 1.54) is 31.5 Å². The predicted molar refractivity (Wildman–Crippen MR) is 55.7 cm³/mol. The molecule has 0 bridgehead atoms. The number of rotatable bonds is 3. The second-order valence-electron chi connectivity index (χ2n) is 3.72. The summed E-state index contributed by atoms with van der Waals surface area (Å²) >= 11 is 0. The predicted octanol–water partition coefficient (Wildman–Crippen LogP) is 2.84. The van der Waals surface area contributed by atoms with Crippen LogP contribution < -0.4 is 0 Å². The van der Waals surface area contributed by atoms with Gasteiger partial charge < -0.3 is 0 Å². The van der Waals surface area contributed by atoms with E-state index in [0.29, 0.717) is 6.04 Å². The Morgan fingerprint density at radius 3 is 2.38 bits per heavy atom. The summed E-state index contributed by atoms with van der Waals surface area (Å²) in [6, 6.07) is 11.5. The minimum absolute atomic E-state index is 0.662. The third-order valence-corrected chi connectivity index (χ3v) is 2.90. The Kier molecular flexibility index (Phi) is 2.65. The average molecular weight is 175 g/mol. The zero-order chi connectivity index (χ0) is 9.10. The first-order chi connectivity index (χ1) is 6.42. The van der Waals surface area contributed by atoms with E-state index in [2.05, 4.69) is 42.2 Å². The van der Waals surface area contributed by atoms with Gasteiger partial charge in [0, 0.05) is 6.04 Å². The van der Waals surface area contributed by atoms with Crippen LogP contribution in [0.1, 0.15) is 31.4 Å². The van der Waals surface area contributed by atoms with E-state index >= 15 is 0 Å². The molecule has 1 aromatic rings. The van der Waals surface area contributed by atoms with Crippen LogP contribution in [0, 0.1) is 0 Å². The fourth-order valence-corrected chi connectivity index (χ4v) is 2.03. The van der Waals surface area contributed by atoms with Gasteiger partial charge in [0.05, 0.1) is 0 Å². The summed E-state index contributed by atoms with van der Waals surface area (Å²) in [4.78, 5) is 2.56. The molecule has 1 aromatic carbocycles. The maximum atomic E-state index is 2.56. The van der Waals surface area contributed by atoms with Gasteiger partial charge in [-0.2, -0.15) is 0 Å². The largest absolute Gasteiger partial charge is 0.296 e. The quantitative estimate of drug-likeness (QED) is 0.682. The Morgan fingerprint density at radius 2 is 1.92 bits per heavy atom. The van der Waals surface area contributed by atoms with Crippen molar-refractivity contribution < 1.29 is 0 Å². The summed E-state index contributed by atoms with van der Waals surface area (Å²) in [6.07, 6.45) is 2.60. The molecule has 1 atom stereocenters. The van der Waals surface area contributed by atoms with E-state index in [1.54, 1.807) is 0 Å². The molecule has 0 unspecified atom stereocenters. The molecule has 1 fully saturated rings. The van der Waals surface area contributed by atoms with Crippen molar-refractivity contribution in [1.29, 1.82) is 0 Å². The first kappa shape index (κ1) is 8.76. The minimum atomic E-state index is 0.662. The fraction of sp³-hybridized carbons (Fsp3) is 0.500. The second kappa shape index (κ2) is 3.93. The highest BCUT2D eigenvalue weighted by Crippen LogP contribution is 2.27. The molecule has 1 heterocycles. The third kappa shape index (κ3) is 1.75. The monoisotopic (exact) mass is 175 g/mol. The summed E-state index contributed by atoms with van der Waals surface area (Å²) in [5, 5.41) is 0. The van der Waals surface area contributed by atoms with Crippen LogP contribution in [0.15, 0.2) is 30.3 Å². The number of nitrogens with zero attached hydrogens (tertiary/aromatic N) is 1. The fourth-order valence-electron chi connectivity index (χ4n) is 2.03. The van der Waals surface area contributed by atoms with Crippen molar-refractivity contribution in [3.05, 3.63) is 35.9 Å². The van der Waals surface area contributed by atoms with Gasteiger partial charge in [-0.1, -0.05) is 37.3 Å². The van der Waals surface area contributed by atoms with Gasteiger partial charge in [-0.15, -0.1) is 0 Å².